The molecule has 138 valence electrons. The number of likely N-dealkylation sites (tertiary alicyclic amines) is 1. The van der Waals surface area contributed by atoms with Crippen LogP contribution in [0.15, 0.2) is 35.3 Å². The van der Waals surface area contributed by atoms with E-state index in [1.165, 1.54) is 5.56 Å². The van der Waals surface area contributed by atoms with Crippen molar-refractivity contribution in [2.24, 2.45) is 10.9 Å². The second-order valence-corrected chi connectivity index (χ2v) is 6.82. The quantitative estimate of drug-likeness (QED) is 0.658. The van der Waals surface area contributed by atoms with Crippen molar-refractivity contribution < 1.29 is 9.47 Å². The van der Waals surface area contributed by atoms with Gasteiger partial charge in [0.05, 0.1) is 12.2 Å². The van der Waals surface area contributed by atoms with Crippen LogP contribution in [0.25, 0.3) is 0 Å². The molecule has 2 saturated heterocycles. The maximum absolute atomic E-state index is 5.99. The number of rotatable bonds is 5. The summed E-state index contributed by atoms with van der Waals surface area (Å²) < 4.78 is 11.7. The van der Waals surface area contributed by atoms with Crippen molar-refractivity contribution in [3.8, 4) is 0 Å². The van der Waals surface area contributed by atoms with Crippen LogP contribution in [-0.4, -0.2) is 56.9 Å². The Morgan fingerprint density at radius 1 is 1.24 bits per heavy atom. The van der Waals surface area contributed by atoms with Gasteiger partial charge in [-0.2, -0.15) is 0 Å². The molecule has 5 nitrogen and oxygen atoms in total. The first kappa shape index (κ1) is 18.2. The molecule has 2 atom stereocenters. The average Bonchev–Trinajstić information content (AvgIpc) is 3.13. The lowest BCUT2D eigenvalue weighted by Crippen LogP contribution is -2.48. The molecule has 2 unspecified atom stereocenters. The Balaban J connectivity index is 1.51. The fourth-order valence-electron chi connectivity index (χ4n) is 3.88. The number of ether oxygens (including phenoxy) is 2. The first-order chi connectivity index (χ1) is 12.3. The number of aliphatic imine (C=N–C) groups is 1. The van der Waals surface area contributed by atoms with E-state index in [1.54, 1.807) is 0 Å². The lowest BCUT2D eigenvalue weighted by Gasteiger charge is -2.34. The van der Waals surface area contributed by atoms with Crippen LogP contribution in [0.4, 0.5) is 0 Å². The number of nitrogens with zero attached hydrogens (tertiary/aromatic N) is 2. The minimum absolute atomic E-state index is 0.190. The van der Waals surface area contributed by atoms with E-state index < -0.39 is 0 Å². The molecule has 3 rings (SSSR count). The van der Waals surface area contributed by atoms with Crippen molar-refractivity contribution in [1.82, 2.24) is 10.2 Å². The van der Waals surface area contributed by atoms with Crippen LogP contribution in [0.5, 0.6) is 0 Å². The van der Waals surface area contributed by atoms with Gasteiger partial charge in [-0.3, -0.25) is 4.99 Å². The summed E-state index contributed by atoms with van der Waals surface area (Å²) in [7, 11) is 1.87. The number of piperidine rings is 1. The first-order valence-corrected chi connectivity index (χ1v) is 9.55. The molecule has 0 aliphatic carbocycles. The normalized spacial score (nSPS) is 25.4. The van der Waals surface area contributed by atoms with Crippen LogP contribution in [0.1, 0.15) is 37.9 Å². The van der Waals surface area contributed by atoms with Gasteiger partial charge in [0.2, 0.25) is 0 Å². The summed E-state index contributed by atoms with van der Waals surface area (Å²) in [4.78, 5) is 6.84. The van der Waals surface area contributed by atoms with Crippen LogP contribution in [0.3, 0.4) is 0 Å². The van der Waals surface area contributed by atoms with Crippen molar-refractivity contribution >= 4 is 5.96 Å². The number of hydrogen-bond donors (Lipinski definition) is 1. The predicted molar refractivity (Wildman–Crippen MR) is 101 cm³/mol. The zero-order valence-corrected chi connectivity index (χ0v) is 15.5. The topological polar surface area (TPSA) is 46.1 Å². The van der Waals surface area contributed by atoms with E-state index in [1.807, 2.05) is 7.05 Å². The number of guanidine groups is 1. The van der Waals surface area contributed by atoms with Crippen molar-refractivity contribution in [2.75, 3.05) is 39.9 Å². The van der Waals surface area contributed by atoms with Gasteiger partial charge in [-0.15, -0.1) is 0 Å². The molecule has 0 aromatic heterocycles. The zero-order chi connectivity index (χ0) is 17.5. The van der Waals surface area contributed by atoms with E-state index in [-0.39, 0.29) is 6.10 Å². The Morgan fingerprint density at radius 2 is 2.00 bits per heavy atom. The standard InChI is InChI=1S/C20H31N3O2/c1-3-24-18-9-12-23(13-10-18)20(21-2)22-15-17-11-14-25-19(17)16-7-5-4-6-8-16/h4-8,17-19H,3,9-15H2,1-2H3,(H,21,22). The highest BCUT2D eigenvalue weighted by molar-refractivity contribution is 5.80. The van der Waals surface area contributed by atoms with Gasteiger partial charge in [0, 0.05) is 45.8 Å². The molecule has 2 aliphatic rings. The summed E-state index contributed by atoms with van der Waals surface area (Å²) >= 11 is 0. The number of benzene rings is 1. The summed E-state index contributed by atoms with van der Waals surface area (Å²) in [6.45, 7) is 6.63. The van der Waals surface area contributed by atoms with Gasteiger partial charge in [0.25, 0.3) is 0 Å². The Hall–Kier alpha value is -1.59. The molecule has 0 spiro atoms. The summed E-state index contributed by atoms with van der Waals surface area (Å²) in [6, 6.07) is 10.6. The molecule has 0 amide bonds. The molecule has 2 aliphatic heterocycles. The van der Waals surface area contributed by atoms with E-state index in [2.05, 4.69) is 52.5 Å². The minimum Gasteiger partial charge on any atom is -0.378 e. The highest BCUT2D eigenvalue weighted by Gasteiger charge is 2.30. The van der Waals surface area contributed by atoms with E-state index in [0.717, 1.165) is 58.1 Å². The van der Waals surface area contributed by atoms with Crippen molar-refractivity contribution in [3.05, 3.63) is 35.9 Å². The molecule has 0 radical (unpaired) electrons. The monoisotopic (exact) mass is 345 g/mol. The van der Waals surface area contributed by atoms with Crippen LogP contribution >= 0.6 is 0 Å². The first-order valence-electron chi connectivity index (χ1n) is 9.55. The SMILES string of the molecule is CCOC1CCN(C(=NC)NCC2CCOC2c2ccccc2)CC1. The highest BCUT2D eigenvalue weighted by atomic mass is 16.5. The molecule has 0 saturated carbocycles. The fourth-order valence-corrected chi connectivity index (χ4v) is 3.88. The van der Waals surface area contributed by atoms with Crippen LogP contribution in [0.2, 0.25) is 0 Å². The van der Waals surface area contributed by atoms with Crippen molar-refractivity contribution in [2.45, 2.75) is 38.4 Å². The molecular formula is C20H31N3O2. The summed E-state index contributed by atoms with van der Waals surface area (Å²) in [6.07, 6.45) is 3.85. The largest absolute Gasteiger partial charge is 0.378 e. The van der Waals surface area contributed by atoms with E-state index in [4.69, 9.17) is 9.47 Å². The van der Waals surface area contributed by atoms with Crippen LogP contribution in [0, 0.1) is 5.92 Å². The highest BCUT2D eigenvalue weighted by Crippen LogP contribution is 2.33. The molecular weight excluding hydrogens is 314 g/mol. The third-order valence-corrected chi connectivity index (χ3v) is 5.22. The maximum atomic E-state index is 5.99. The Kier molecular flexibility index (Phi) is 6.70. The molecule has 2 fully saturated rings. The van der Waals surface area contributed by atoms with Gasteiger partial charge >= 0.3 is 0 Å². The molecule has 0 bridgehead atoms. The number of nitrogens with one attached hydrogen (secondary N) is 1. The van der Waals surface area contributed by atoms with Crippen molar-refractivity contribution in [3.63, 3.8) is 0 Å². The Bertz CT molecular complexity index is 541. The van der Waals surface area contributed by atoms with Gasteiger partial charge in [0.1, 0.15) is 0 Å². The zero-order valence-electron chi connectivity index (χ0n) is 15.5. The lowest BCUT2D eigenvalue weighted by molar-refractivity contribution is 0.0263. The predicted octanol–water partition coefficient (Wildman–Crippen LogP) is 2.84. The maximum Gasteiger partial charge on any atom is 0.193 e. The third-order valence-electron chi connectivity index (χ3n) is 5.22. The fraction of sp³-hybridized carbons (Fsp3) is 0.650. The Labute approximate surface area is 151 Å². The van der Waals surface area contributed by atoms with Gasteiger partial charge in [-0.1, -0.05) is 30.3 Å². The van der Waals surface area contributed by atoms with Gasteiger partial charge in [-0.25, -0.2) is 0 Å². The molecule has 1 aromatic rings. The average molecular weight is 345 g/mol. The molecule has 25 heavy (non-hydrogen) atoms. The van der Waals surface area contributed by atoms with Gasteiger partial charge in [0.15, 0.2) is 5.96 Å². The molecule has 5 heteroatoms. The van der Waals surface area contributed by atoms with E-state index in [9.17, 15) is 0 Å². The molecule has 2 heterocycles. The second kappa shape index (κ2) is 9.20. The van der Waals surface area contributed by atoms with Crippen LogP contribution < -0.4 is 5.32 Å². The number of hydrogen-bond acceptors (Lipinski definition) is 3. The van der Waals surface area contributed by atoms with Gasteiger partial charge in [-0.05, 0) is 31.7 Å². The molecule has 1 N–H and O–H groups in total. The molecule has 1 aromatic carbocycles. The van der Waals surface area contributed by atoms with E-state index in [0.29, 0.717) is 12.0 Å². The van der Waals surface area contributed by atoms with Crippen molar-refractivity contribution in [1.29, 1.82) is 0 Å². The minimum atomic E-state index is 0.190. The summed E-state index contributed by atoms with van der Waals surface area (Å²) in [5.41, 5.74) is 1.28. The van der Waals surface area contributed by atoms with Gasteiger partial charge < -0.3 is 19.7 Å². The summed E-state index contributed by atoms with van der Waals surface area (Å²) in [5, 5.41) is 3.58. The third kappa shape index (κ3) is 4.73. The lowest BCUT2D eigenvalue weighted by atomic mass is 9.95. The van der Waals surface area contributed by atoms with E-state index >= 15 is 0 Å². The Morgan fingerprint density at radius 3 is 2.68 bits per heavy atom. The summed E-state index contributed by atoms with van der Waals surface area (Å²) in [5.74, 6) is 1.49. The second-order valence-electron chi connectivity index (χ2n) is 6.82. The smallest absolute Gasteiger partial charge is 0.193 e. The van der Waals surface area contributed by atoms with Crippen LogP contribution in [-0.2, 0) is 9.47 Å².